The number of carbonyl (C=O) groups is 2. The molecule has 1 aliphatic carbocycles. The monoisotopic (exact) mass is 318 g/mol. The summed E-state index contributed by atoms with van der Waals surface area (Å²) in [4.78, 5) is 25.6. The van der Waals surface area contributed by atoms with Gasteiger partial charge < -0.3 is 10.6 Å². The smallest absolute Gasteiger partial charge is 0.230 e. The fourth-order valence-corrected chi connectivity index (χ4v) is 3.85. The molecule has 1 unspecified atom stereocenters. The van der Waals surface area contributed by atoms with Gasteiger partial charge in [-0.25, -0.2) is 4.39 Å². The number of halogens is 1. The second-order valence-corrected chi connectivity index (χ2v) is 6.71. The number of benzene rings is 1. The van der Waals surface area contributed by atoms with Gasteiger partial charge in [-0.05, 0) is 61.3 Å². The van der Waals surface area contributed by atoms with Crippen LogP contribution in [-0.4, -0.2) is 29.8 Å². The van der Waals surface area contributed by atoms with Crippen LogP contribution in [0.2, 0.25) is 0 Å². The van der Waals surface area contributed by atoms with Crippen LogP contribution in [0.15, 0.2) is 18.2 Å². The molecular formula is C18H23FN2O2. The molecule has 1 heterocycles. The molecule has 5 heteroatoms. The number of carbonyl (C=O) groups excluding carboxylic acids is 2. The van der Waals surface area contributed by atoms with E-state index < -0.39 is 0 Å². The lowest BCUT2D eigenvalue weighted by Crippen LogP contribution is -2.40. The van der Waals surface area contributed by atoms with Crippen molar-refractivity contribution in [1.82, 2.24) is 4.90 Å². The minimum absolute atomic E-state index is 0.118. The van der Waals surface area contributed by atoms with Crippen LogP contribution in [-0.2, 0) is 16.0 Å². The van der Waals surface area contributed by atoms with Crippen molar-refractivity contribution in [2.24, 2.45) is 11.7 Å². The molecule has 2 N–H and O–H groups in total. The third kappa shape index (κ3) is 3.54. The van der Waals surface area contributed by atoms with Gasteiger partial charge in [0, 0.05) is 19.5 Å². The van der Waals surface area contributed by atoms with Gasteiger partial charge in [-0.15, -0.1) is 0 Å². The average Bonchev–Trinajstić information content (AvgIpc) is 2.95. The van der Waals surface area contributed by atoms with Crippen molar-refractivity contribution in [3.63, 3.8) is 0 Å². The molecule has 124 valence electrons. The van der Waals surface area contributed by atoms with E-state index in [2.05, 4.69) is 0 Å². The molecule has 1 aromatic carbocycles. The highest BCUT2D eigenvalue weighted by molar-refractivity contribution is 5.85. The molecule has 0 saturated carbocycles. The molecule has 23 heavy (non-hydrogen) atoms. The predicted molar refractivity (Wildman–Crippen MR) is 85.2 cm³/mol. The van der Waals surface area contributed by atoms with Crippen LogP contribution in [0.1, 0.15) is 49.1 Å². The molecule has 1 fully saturated rings. The normalized spacial score (nSPS) is 21.3. The summed E-state index contributed by atoms with van der Waals surface area (Å²) in [5, 5.41) is 0. The Balaban J connectivity index is 1.58. The van der Waals surface area contributed by atoms with Crippen molar-refractivity contribution < 1.29 is 14.0 Å². The van der Waals surface area contributed by atoms with Crippen LogP contribution >= 0.6 is 0 Å². The molecule has 1 saturated heterocycles. The van der Waals surface area contributed by atoms with Gasteiger partial charge in [0.25, 0.3) is 0 Å². The fourth-order valence-electron chi connectivity index (χ4n) is 3.85. The van der Waals surface area contributed by atoms with Gasteiger partial charge in [-0.3, -0.25) is 9.59 Å². The summed E-state index contributed by atoms with van der Waals surface area (Å²) in [6.07, 6.45) is 4.67. The number of nitrogens with two attached hydrogens (primary N) is 1. The van der Waals surface area contributed by atoms with E-state index >= 15 is 0 Å². The third-order valence-corrected chi connectivity index (χ3v) is 5.21. The Kier molecular flexibility index (Phi) is 4.64. The number of piperidine rings is 1. The molecule has 1 atom stereocenters. The second kappa shape index (κ2) is 6.69. The van der Waals surface area contributed by atoms with Gasteiger partial charge in [0.15, 0.2) is 0 Å². The zero-order valence-corrected chi connectivity index (χ0v) is 13.3. The summed E-state index contributed by atoms with van der Waals surface area (Å²) in [5.41, 5.74) is 7.16. The molecule has 3 rings (SSSR count). The highest BCUT2D eigenvalue weighted by Crippen LogP contribution is 2.36. The SMILES string of the molecule is NC(=O)CCC1CCN(C(=O)C2CCc3cc(F)ccc32)CC1. The van der Waals surface area contributed by atoms with Crippen LogP contribution in [0.25, 0.3) is 0 Å². The Hall–Kier alpha value is -1.91. The molecule has 0 bridgehead atoms. The van der Waals surface area contributed by atoms with E-state index in [1.807, 2.05) is 4.90 Å². The van der Waals surface area contributed by atoms with E-state index in [1.54, 1.807) is 12.1 Å². The number of hydrogen-bond acceptors (Lipinski definition) is 2. The highest BCUT2D eigenvalue weighted by atomic mass is 19.1. The van der Waals surface area contributed by atoms with Gasteiger partial charge in [0.1, 0.15) is 5.82 Å². The van der Waals surface area contributed by atoms with Crippen molar-refractivity contribution in [3.8, 4) is 0 Å². The van der Waals surface area contributed by atoms with Crippen LogP contribution in [0.4, 0.5) is 4.39 Å². The molecule has 2 aliphatic rings. The maximum Gasteiger partial charge on any atom is 0.230 e. The predicted octanol–water partition coefficient (Wildman–Crippen LogP) is 2.36. The van der Waals surface area contributed by atoms with Gasteiger partial charge in [0.05, 0.1) is 5.92 Å². The Morgan fingerprint density at radius 1 is 1.22 bits per heavy atom. The molecule has 0 aromatic heterocycles. The number of nitrogens with zero attached hydrogens (tertiary/aromatic N) is 1. The van der Waals surface area contributed by atoms with E-state index in [0.717, 1.165) is 56.3 Å². The zero-order valence-electron chi connectivity index (χ0n) is 13.3. The van der Waals surface area contributed by atoms with Crippen molar-refractivity contribution in [1.29, 1.82) is 0 Å². The fraction of sp³-hybridized carbons (Fsp3) is 0.556. The molecule has 1 aliphatic heterocycles. The van der Waals surface area contributed by atoms with Crippen molar-refractivity contribution >= 4 is 11.8 Å². The van der Waals surface area contributed by atoms with Crippen LogP contribution in [0.5, 0.6) is 0 Å². The van der Waals surface area contributed by atoms with Gasteiger partial charge in [-0.2, -0.15) is 0 Å². The summed E-state index contributed by atoms with van der Waals surface area (Å²) >= 11 is 0. The number of hydrogen-bond donors (Lipinski definition) is 1. The minimum Gasteiger partial charge on any atom is -0.370 e. The Bertz CT molecular complexity index is 609. The Morgan fingerprint density at radius 3 is 2.65 bits per heavy atom. The van der Waals surface area contributed by atoms with E-state index in [0.29, 0.717) is 12.3 Å². The molecule has 0 radical (unpaired) electrons. The summed E-state index contributed by atoms with van der Waals surface area (Å²) in [6.45, 7) is 1.49. The number of primary amides is 1. The molecule has 1 aromatic rings. The van der Waals surface area contributed by atoms with Crippen LogP contribution < -0.4 is 5.73 Å². The number of aryl methyl sites for hydroxylation is 1. The first kappa shape index (κ1) is 16.0. The summed E-state index contributed by atoms with van der Waals surface area (Å²) in [7, 11) is 0. The van der Waals surface area contributed by atoms with E-state index in [9.17, 15) is 14.0 Å². The largest absolute Gasteiger partial charge is 0.370 e. The molecule has 2 amide bonds. The molecular weight excluding hydrogens is 295 g/mol. The van der Waals surface area contributed by atoms with E-state index in [-0.39, 0.29) is 23.5 Å². The summed E-state index contributed by atoms with van der Waals surface area (Å²) in [5.74, 6) is 0.0541. The van der Waals surface area contributed by atoms with Gasteiger partial charge in [0.2, 0.25) is 11.8 Å². The van der Waals surface area contributed by atoms with Crippen LogP contribution in [0, 0.1) is 11.7 Å². The summed E-state index contributed by atoms with van der Waals surface area (Å²) < 4.78 is 13.3. The summed E-state index contributed by atoms with van der Waals surface area (Å²) in [6, 6.07) is 4.76. The van der Waals surface area contributed by atoms with Crippen LogP contribution in [0.3, 0.4) is 0 Å². The van der Waals surface area contributed by atoms with Crippen molar-refractivity contribution in [2.45, 2.75) is 44.4 Å². The molecule has 4 nitrogen and oxygen atoms in total. The van der Waals surface area contributed by atoms with E-state index in [4.69, 9.17) is 5.73 Å². The number of amides is 2. The number of rotatable bonds is 4. The lowest BCUT2D eigenvalue weighted by atomic mass is 9.90. The van der Waals surface area contributed by atoms with Gasteiger partial charge >= 0.3 is 0 Å². The number of fused-ring (bicyclic) bond motifs is 1. The minimum atomic E-state index is -0.252. The average molecular weight is 318 g/mol. The van der Waals surface area contributed by atoms with Crippen molar-refractivity contribution in [3.05, 3.63) is 35.1 Å². The lowest BCUT2D eigenvalue weighted by molar-refractivity contribution is -0.134. The topological polar surface area (TPSA) is 63.4 Å². The standard InChI is InChI=1S/C18H23FN2O2/c19-14-3-5-15-13(11-14)2-4-16(15)18(23)21-9-7-12(8-10-21)1-6-17(20)22/h3,5,11-12,16H,1-2,4,6-10H2,(H2,20,22). The quantitative estimate of drug-likeness (QED) is 0.926. The lowest BCUT2D eigenvalue weighted by Gasteiger charge is -2.33. The Labute approximate surface area is 135 Å². The first-order valence-corrected chi connectivity index (χ1v) is 8.40. The molecule has 0 spiro atoms. The maximum atomic E-state index is 13.3. The number of likely N-dealkylation sites (tertiary alicyclic amines) is 1. The first-order valence-electron chi connectivity index (χ1n) is 8.40. The first-order chi connectivity index (χ1) is 11.0. The van der Waals surface area contributed by atoms with Crippen molar-refractivity contribution in [2.75, 3.05) is 13.1 Å². The van der Waals surface area contributed by atoms with Gasteiger partial charge in [-0.1, -0.05) is 6.07 Å². The highest BCUT2D eigenvalue weighted by Gasteiger charge is 2.33. The third-order valence-electron chi connectivity index (χ3n) is 5.21. The Morgan fingerprint density at radius 2 is 1.96 bits per heavy atom. The second-order valence-electron chi connectivity index (χ2n) is 6.71. The zero-order chi connectivity index (χ0) is 16.4. The van der Waals surface area contributed by atoms with E-state index in [1.165, 1.54) is 6.07 Å². The maximum absolute atomic E-state index is 13.3.